The Hall–Kier alpha value is -4.39. The van der Waals surface area contributed by atoms with Crippen molar-refractivity contribution in [1.29, 1.82) is 0 Å². The molecule has 7 heteroatoms. The Morgan fingerprint density at radius 1 is 0.943 bits per heavy atom. The number of hydrogen-bond donors (Lipinski definition) is 1. The van der Waals surface area contributed by atoms with Crippen LogP contribution >= 0.6 is 0 Å². The standard InChI is InChI=1S/C28H23F2N3O2/c1-35-23-11-7-20(8-12-23)15-22-18-31-28(26(32-22)14-10-19-5-3-2-4-6-19)33-27(34)17-21-9-13-24(29)25(30)16-21/h2-14,16,18H,15,17H2,1H3,(H,31,33,34)/b14-10+. The number of carbonyl (C=O) groups is 1. The maximum Gasteiger partial charge on any atom is 0.230 e. The van der Waals surface area contributed by atoms with E-state index in [-0.39, 0.29) is 12.2 Å². The van der Waals surface area contributed by atoms with Crippen LogP contribution in [-0.2, 0) is 17.6 Å². The Morgan fingerprint density at radius 2 is 1.69 bits per heavy atom. The number of amides is 1. The molecule has 0 atom stereocenters. The van der Waals surface area contributed by atoms with Crippen LogP contribution in [0, 0.1) is 11.6 Å². The van der Waals surface area contributed by atoms with E-state index >= 15 is 0 Å². The molecule has 3 aromatic carbocycles. The predicted molar refractivity (Wildman–Crippen MR) is 132 cm³/mol. The van der Waals surface area contributed by atoms with Gasteiger partial charge in [-0.2, -0.15) is 0 Å². The number of anilines is 1. The highest BCUT2D eigenvalue weighted by Gasteiger charge is 2.12. The van der Waals surface area contributed by atoms with E-state index in [2.05, 4.69) is 10.3 Å². The van der Waals surface area contributed by atoms with Crippen molar-refractivity contribution in [1.82, 2.24) is 9.97 Å². The molecule has 0 saturated carbocycles. The Labute approximate surface area is 202 Å². The van der Waals surface area contributed by atoms with Crippen molar-refractivity contribution < 1.29 is 18.3 Å². The first kappa shape index (κ1) is 23.8. The molecule has 0 unspecified atom stereocenters. The largest absolute Gasteiger partial charge is 0.497 e. The van der Waals surface area contributed by atoms with Crippen molar-refractivity contribution in [2.75, 3.05) is 12.4 Å². The highest BCUT2D eigenvalue weighted by atomic mass is 19.2. The van der Waals surface area contributed by atoms with Gasteiger partial charge in [-0.25, -0.2) is 18.7 Å². The second-order valence-electron chi connectivity index (χ2n) is 7.84. The van der Waals surface area contributed by atoms with Gasteiger partial charge in [-0.3, -0.25) is 4.79 Å². The summed E-state index contributed by atoms with van der Waals surface area (Å²) in [6, 6.07) is 20.7. The molecule has 0 aliphatic rings. The van der Waals surface area contributed by atoms with E-state index in [0.29, 0.717) is 17.7 Å². The molecule has 1 aromatic heterocycles. The molecule has 1 N–H and O–H groups in total. The summed E-state index contributed by atoms with van der Waals surface area (Å²) in [6.45, 7) is 0. The fourth-order valence-electron chi connectivity index (χ4n) is 3.44. The first-order valence-electron chi connectivity index (χ1n) is 11.0. The number of halogens is 2. The predicted octanol–water partition coefficient (Wildman–Crippen LogP) is 5.71. The fraction of sp³-hybridized carbons (Fsp3) is 0.107. The normalized spacial score (nSPS) is 10.9. The summed E-state index contributed by atoms with van der Waals surface area (Å²) in [5.74, 6) is -1.32. The lowest BCUT2D eigenvalue weighted by Crippen LogP contribution is -2.17. The summed E-state index contributed by atoms with van der Waals surface area (Å²) in [7, 11) is 1.62. The zero-order valence-corrected chi connectivity index (χ0v) is 19.0. The lowest BCUT2D eigenvalue weighted by atomic mass is 10.1. The average Bonchev–Trinajstić information content (AvgIpc) is 2.87. The van der Waals surface area contributed by atoms with E-state index < -0.39 is 17.5 Å². The summed E-state index contributed by atoms with van der Waals surface area (Å²) in [5, 5.41) is 2.74. The van der Waals surface area contributed by atoms with Crippen LogP contribution in [0.3, 0.4) is 0 Å². The second kappa shape index (κ2) is 11.2. The van der Waals surface area contributed by atoms with E-state index in [9.17, 15) is 13.6 Å². The maximum atomic E-state index is 13.5. The molecule has 1 amide bonds. The van der Waals surface area contributed by atoms with Crippen LogP contribution in [0.25, 0.3) is 12.2 Å². The van der Waals surface area contributed by atoms with Gasteiger partial charge >= 0.3 is 0 Å². The van der Waals surface area contributed by atoms with Gasteiger partial charge < -0.3 is 10.1 Å². The van der Waals surface area contributed by atoms with Crippen LogP contribution in [0.2, 0.25) is 0 Å². The molecule has 0 aliphatic heterocycles. The molecule has 176 valence electrons. The topological polar surface area (TPSA) is 64.1 Å². The summed E-state index contributed by atoms with van der Waals surface area (Å²) in [4.78, 5) is 21.7. The van der Waals surface area contributed by atoms with E-state index in [0.717, 1.165) is 34.7 Å². The molecule has 5 nitrogen and oxygen atoms in total. The van der Waals surface area contributed by atoms with Crippen LogP contribution in [0.4, 0.5) is 14.6 Å². The molecule has 4 aromatic rings. The summed E-state index contributed by atoms with van der Waals surface area (Å²) < 4.78 is 31.9. The molecule has 1 heterocycles. The zero-order valence-electron chi connectivity index (χ0n) is 19.0. The number of nitrogens with one attached hydrogen (secondary N) is 1. The Bertz CT molecular complexity index is 1340. The smallest absolute Gasteiger partial charge is 0.230 e. The number of aromatic nitrogens is 2. The summed E-state index contributed by atoms with van der Waals surface area (Å²) >= 11 is 0. The minimum atomic E-state index is -0.996. The number of benzene rings is 3. The zero-order chi connectivity index (χ0) is 24.6. The van der Waals surface area contributed by atoms with E-state index in [1.807, 2.05) is 60.7 Å². The van der Waals surface area contributed by atoms with Gasteiger partial charge in [-0.05, 0) is 47.0 Å². The van der Waals surface area contributed by atoms with Gasteiger partial charge in [0.1, 0.15) is 11.4 Å². The van der Waals surface area contributed by atoms with E-state index in [1.54, 1.807) is 19.4 Å². The van der Waals surface area contributed by atoms with Crippen molar-refractivity contribution in [3.8, 4) is 5.75 Å². The SMILES string of the molecule is COc1ccc(Cc2cnc(NC(=O)Cc3ccc(F)c(F)c3)c(/C=C/c3ccccc3)n2)cc1. The number of carbonyl (C=O) groups excluding carboxylic acids is 1. The number of hydrogen-bond acceptors (Lipinski definition) is 4. The molecule has 0 fully saturated rings. The quantitative estimate of drug-likeness (QED) is 0.358. The van der Waals surface area contributed by atoms with Crippen LogP contribution in [0.1, 0.15) is 28.1 Å². The lowest BCUT2D eigenvalue weighted by Gasteiger charge is -2.10. The molecule has 0 bridgehead atoms. The molecule has 0 saturated heterocycles. The van der Waals surface area contributed by atoms with Crippen LogP contribution < -0.4 is 10.1 Å². The number of ether oxygens (including phenoxy) is 1. The van der Waals surface area contributed by atoms with Gasteiger partial charge in [-0.15, -0.1) is 0 Å². The van der Waals surface area contributed by atoms with Gasteiger partial charge in [0.2, 0.25) is 5.91 Å². The van der Waals surface area contributed by atoms with Crippen LogP contribution in [0.5, 0.6) is 5.75 Å². The third-order valence-corrected chi connectivity index (χ3v) is 5.23. The lowest BCUT2D eigenvalue weighted by molar-refractivity contribution is -0.115. The number of methoxy groups -OCH3 is 1. The highest BCUT2D eigenvalue weighted by Crippen LogP contribution is 2.19. The highest BCUT2D eigenvalue weighted by molar-refractivity contribution is 5.93. The monoisotopic (exact) mass is 471 g/mol. The number of rotatable bonds is 8. The molecular weight excluding hydrogens is 448 g/mol. The molecular formula is C28H23F2N3O2. The van der Waals surface area contributed by atoms with Gasteiger partial charge in [0.25, 0.3) is 0 Å². The molecule has 4 rings (SSSR count). The maximum absolute atomic E-state index is 13.5. The van der Waals surface area contributed by atoms with Crippen molar-refractivity contribution in [3.05, 3.63) is 119 Å². The average molecular weight is 472 g/mol. The van der Waals surface area contributed by atoms with Gasteiger partial charge in [0, 0.05) is 6.42 Å². The molecule has 0 spiro atoms. The first-order chi connectivity index (χ1) is 17.0. The Kier molecular flexibility index (Phi) is 7.57. The fourth-order valence-corrected chi connectivity index (χ4v) is 3.44. The summed E-state index contributed by atoms with van der Waals surface area (Å²) in [5.41, 5.74) is 3.56. The molecule has 0 radical (unpaired) electrons. The minimum absolute atomic E-state index is 0.131. The van der Waals surface area contributed by atoms with E-state index in [4.69, 9.17) is 9.72 Å². The third kappa shape index (κ3) is 6.57. The molecule has 35 heavy (non-hydrogen) atoms. The molecule has 0 aliphatic carbocycles. The van der Waals surface area contributed by atoms with Gasteiger partial charge in [0.05, 0.1) is 25.4 Å². The van der Waals surface area contributed by atoms with Crippen molar-refractivity contribution in [2.24, 2.45) is 0 Å². The van der Waals surface area contributed by atoms with Gasteiger partial charge in [-0.1, -0.05) is 54.6 Å². The third-order valence-electron chi connectivity index (χ3n) is 5.23. The van der Waals surface area contributed by atoms with Crippen LogP contribution in [-0.4, -0.2) is 23.0 Å². The van der Waals surface area contributed by atoms with Gasteiger partial charge in [0.15, 0.2) is 17.5 Å². The van der Waals surface area contributed by atoms with E-state index in [1.165, 1.54) is 6.07 Å². The van der Waals surface area contributed by atoms with Crippen molar-refractivity contribution >= 4 is 23.9 Å². The first-order valence-corrected chi connectivity index (χ1v) is 11.0. The Balaban J connectivity index is 1.57. The second-order valence-corrected chi connectivity index (χ2v) is 7.84. The number of nitrogens with zero attached hydrogens (tertiary/aromatic N) is 2. The minimum Gasteiger partial charge on any atom is -0.497 e. The Morgan fingerprint density at radius 3 is 2.40 bits per heavy atom. The summed E-state index contributed by atoms with van der Waals surface area (Å²) in [6.07, 6.45) is 5.69. The van der Waals surface area contributed by atoms with Crippen LogP contribution in [0.15, 0.2) is 79.0 Å². The van der Waals surface area contributed by atoms with Crippen molar-refractivity contribution in [3.63, 3.8) is 0 Å². The van der Waals surface area contributed by atoms with Crippen molar-refractivity contribution in [2.45, 2.75) is 12.8 Å².